The predicted molar refractivity (Wildman–Crippen MR) is 77.5 cm³/mol. The number of rotatable bonds is 9. The van der Waals surface area contributed by atoms with Crippen molar-refractivity contribution in [3.63, 3.8) is 0 Å². The molecule has 1 heterocycles. The lowest BCUT2D eigenvalue weighted by Gasteiger charge is -2.20. The monoisotopic (exact) mass is 266 g/mol. The highest BCUT2D eigenvalue weighted by molar-refractivity contribution is 5.26. The van der Waals surface area contributed by atoms with Crippen LogP contribution < -0.4 is 10.1 Å². The molecule has 0 aromatic carbocycles. The lowest BCUT2D eigenvalue weighted by molar-refractivity contribution is 0.150. The fourth-order valence-electron chi connectivity index (χ4n) is 2.10. The van der Waals surface area contributed by atoms with Gasteiger partial charge in [-0.3, -0.25) is 4.98 Å². The van der Waals surface area contributed by atoms with Gasteiger partial charge in [0.1, 0.15) is 5.75 Å². The Hall–Kier alpha value is -1.13. The Kier molecular flexibility index (Phi) is 7.45. The van der Waals surface area contributed by atoms with Gasteiger partial charge in [0, 0.05) is 26.0 Å². The molecule has 0 saturated heterocycles. The van der Waals surface area contributed by atoms with Crippen LogP contribution in [0.3, 0.4) is 0 Å². The molecule has 0 radical (unpaired) electrons. The second kappa shape index (κ2) is 8.88. The molecule has 0 fully saturated rings. The van der Waals surface area contributed by atoms with Crippen molar-refractivity contribution in [1.82, 2.24) is 10.3 Å². The topological polar surface area (TPSA) is 43.4 Å². The van der Waals surface area contributed by atoms with E-state index in [0.717, 1.165) is 31.8 Å². The van der Waals surface area contributed by atoms with Gasteiger partial charge < -0.3 is 14.8 Å². The molecule has 4 nitrogen and oxygen atoms in total. The van der Waals surface area contributed by atoms with Gasteiger partial charge in [-0.15, -0.1) is 0 Å². The first-order valence-corrected chi connectivity index (χ1v) is 6.95. The minimum Gasteiger partial charge on any atom is -0.492 e. The van der Waals surface area contributed by atoms with Gasteiger partial charge in [0.15, 0.2) is 0 Å². The maximum absolute atomic E-state index is 5.63. The summed E-state index contributed by atoms with van der Waals surface area (Å²) in [5, 5.41) is 3.34. The molecule has 0 aliphatic carbocycles. The number of nitrogens with one attached hydrogen (secondary N) is 1. The second-order valence-corrected chi connectivity index (χ2v) is 4.94. The van der Waals surface area contributed by atoms with Crippen molar-refractivity contribution in [2.75, 3.05) is 27.4 Å². The summed E-state index contributed by atoms with van der Waals surface area (Å²) in [4.78, 5) is 4.26. The van der Waals surface area contributed by atoms with Crippen molar-refractivity contribution in [2.24, 2.45) is 5.92 Å². The van der Waals surface area contributed by atoms with Crippen molar-refractivity contribution in [2.45, 2.75) is 32.7 Å². The van der Waals surface area contributed by atoms with Gasteiger partial charge in [-0.1, -0.05) is 13.8 Å². The Balaban J connectivity index is 2.68. The highest BCUT2D eigenvalue weighted by Gasteiger charge is 2.14. The Morgan fingerprint density at radius 1 is 1.37 bits per heavy atom. The average Bonchev–Trinajstić information content (AvgIpc) is 2.43. The van der Waals surface area contributed by atoms with Crippen molar-refractivity contribution < 1.29 is 9.47 Å². The molecule has 0 bridgehead atoms. The van der Waals surface area contributed by atoms with Crippen molar-refractivity contribution in [3.05, 3.63) is 24.0 Å². The molecular weight excluding hydrogens is 240 g/mol. The summed E-state index contributed by atoms with van der Waals surface area (Å²) in [6, 6.07) is 2.35. The van der Waals surface area contributed by atoms with Crippen molar-refractivity contribution in [1.29, 1.82) is 0 Å². The number of hydrogen-bond donors (Lipinski definition) is 1. The number of methoxy groups -OCH3 is 1. The van der Waals surface area contributed by atoms with E-state index in [1.165, 1.54) is 5.56 Å². The largest absolute Gasteiger partial charge is 0.492 e. The maximum Gasteiger partial charge on any atom is 0.137 e. The number of hydrogen-bond acceptors (Lipinski definition) is 4. The summed E-state index contributed by atoms with van der Waals surface area (Å²) in [6.07, 6.45) is 5.69. The zero-order valence-corrected chi connectivity index (χ0v) is 12.5. The predicted octanol–water partition coefficient (Wildman–Crippen LogP) is 2.80. The van der Waals surface area contributed by atoms with Gasteiger partial charge in [0.05, 0.1) is 12.8 Å². The molecule has 108 valence electrons. The maximum atomic E-state index is 5.63. The zero-order chi connectivity index (χ0) is 14.1. The van der Waals surface area contributed by atoms with Gasteiger partial charge in [-0.2, -0.15) is 0 Å². The van der Waals surface area contributed by atoms with Crippen LogP contribution in [0, 0.1) is 5.92 Å². The number of nitrogens with zero attached hydrogens (tertiary/aromatic N) is 1. The SMILES string of the molecule is CCCOc1cncc(C(CC(C)COC)NC)c1. The van der Waals surface area contributed by atoms with E-state index in [1.807, 2.05) is 13.2 Å². The second-order valence-electron chi connectivity index (χ2n) is 4.94. The van der Waals surface area contributed by atoms with E-state index in [0.29, 0.717) is 5.92 Å². The smallest absolute Gasteiger partial charge is 0.137 e. The Bertz CT molecular complexity index is 358. The van der Waals surface area contributed by atoms with E-state index < -0.39 is 0 Å². The van der Waals surface area contributed by atoms with Crippen LogP contribution in [-0.2, 0) is 4.74 Å². The Morgan fingerprint density at radius 3 is 2.79 bits per heavy atom. The summed E-state index contributed by atoms with van der Waals surface area (Å²) >= 11 is 0. The third-order valence-electron chi connectivity index (χ3n) is 3.05. The summed E-state index contributed by atoms with van der Waals surface area (Å²) in [5.41, 5.74) is 1.17. The van der Waals surface area contributed by atoms with Crippen LogP contribution in [-0.4, -0.2) is 32.4 Å². The molecule has 0 amide bonds. The zero-order valence-electron chi connectivity index (χ0n) is 12.5. The molecule has 1 aromatic rings. The van der Waals surface area contributed by atoms with Crippen LogP contribution in [0.25, 0.3) is 0 Å². The molecule has 2 unspecified atom stereocenters. The van der Waals surface area contributed by atoms with Crippen molar-refractivity contribution in [3.8, 4) is 5.75 Å². The van der Waals surface area contributed by atoms with Crippen LogP contribution in [0.15, 0.2) is 18.5 Å². The fourth-order valence-corrected chi connectivity index (χ4v) is 2.10. The normalized spacial score (nSPS) is 14.1. The first-order chi connectivity index (χ1) is 9.21. The van der Waals surface area contributed by atoms with E-state index in [9.17, 15) is 0 Å². The molecule has 0 spiro atoms. The Labute approximate surface area is 116 Å². The third kappa shape index (κ3) is 5.57. The van der Waals surface area contributed by atoms with Crippen LogP contribution in [0.5, 0.6) is 5.75 Å². The lowest BCUT2D eigenvalue weighted by atomic mass is 9.97. The molecule has 0 aliphatic rings. The fraction of sp³-hybridized carbons (Fsp3) is 0.667. The molecule has 1 rings (SSSR count). The minimum absolute atomic E-state index is 0.280. The van der Waals surface area contributed by atoms with Crippen LogP contribution in [0.1, 0.15) is 38.3 Å². The molecule has 0 saturated carbocycles. The highest BCUT2D eigenvalue weighted by atomic mass is 16.5. The molecule has 0 aliphatic heterocycles. The van der Waals surface area contributed by atoms with Crippen LogP contribution in [0.4, 0.5) is 0 Å². The molecule has 19 heavy (non-hydrogen) atoms. The quantitative estimate of drug-likeness (QED) is 0.746. The van der Waals surface area contributed by atoms with E-state index in [1.54, 1.807) is 13.3 Å². The van der Waals surface area contributed by atoms with E-state index in [4.69, 9.17) is 9.47 Å². The van der Waals surface area contributed by atoms with Gasteiger partial charge >= 0.3 is 0 Å². The summed E-state index contributed by atoms with van der Waals surface area (Å²) in [7, 11) is 3.72. The van der Waals surface area contributed by atoms with Gasteiger partial charge in [0.2, 0.25) is 0 Å². The average molecular weight is 266 g/mol. The first kappa shape index (κ1) is 15.9. The van der Waals surface area contributed by atoms with Gasteiger partial charge in [-0.25, -0.2) is 0 Å². The van der Waals surface area contributed by atoms with Gasteiger partial charge in [-0.05, 0) is 37.4 Å². The summed E-state index contributed by atoms with van der Waals surface area (Å²) < 4.78 is 10.8. The van der Waals surface area contributed by atoms with Crippen LogP contribution >= 0.6 is 0 Å². The molecule has 1 N–H and O–H groups in total. The lowest BCUT2D eigenvalue weighted by Crippen LogP contribution is -2.21. The number of aromatic nitrogens is 1. The van der Waals surface area contributed by atoms with Gasteiger partial charge in [0.25, 0.3) is 0 Å². The number of pyridine rings is 1. The molecular formula is C15H26N2O2. The standard InChI is InChI=1S/C15H26N2O2/c1-5-6-19-14-8-13(9-17-10-14)15(16-3)7-12(2)11-18-4/h8-10,12,15-16H,5-7,11H2,1-4H3. The Morgan fingerprint density at radius 2 is 2.16 bits per heavy atom. The van der Waals surface area contributed by atoms with E-state index in [-0.39, 0.29) is 6.04 Å². The van der Waals surface area contributed by atoms with Crippen molar-refractivity contribution >= 4 is 0 Å². The molecule has 1 aromatic heterocycles. The molecule has 2 atom stereocenters. The summed E-state index contributed by atoms with van der Waals surface area (Å²) in [5.74, 6) is 1.35. The number of ether oxygens (including phenoxy) is 2. The van der Waals surface area contributed by atoms with Crippen LogP contribution in [0.2, 0.25) is 0 Å². The summed E-state index contributed by atoms with van der Waals surface area (Å²) in [6.45, 7) is 5.80. The van der Waals surface area contributed by atoms with E-state index in [2.05, 4.69) is 30.2 Å². The van der Waals surface area contributed by atoms with E-state index >= 15 is 0 Å². The first-order valence-electron chi connectivity index (χ1n) is 6.95. The third-order valence-corrected chi connectivity index (χ3v) is 3.05. The highest BCUT2D eigenvalue weighted by Crippen LogP contribution is 2.23. The molecule has 4 heteroatoms. The minimum atomic E-state index is 0.280.